The molecule has 1 aliphatic rings. The lowest BCUT2D eigenvalue weighted by Crippen LogP contribution is -2.90. The van der Waals surface area contributed by atoms with E-state index < -0.39 is 5.60 Å². The molecule has 3 nitrogen and oxygen atoms in total. The summed E-state index contributed by atoms with van der Waals surface area (Å²) in [5, 5.41) is 2.24. The van der Waals surface area contributed by atoms with Crippen LogP contribution in [0.3, 0.4) is 0 Å². The van der Waals surface area contributed by atoms with E-state index in [9.17, 15) is 4.79 Å². The van der Waals surface area contributed by atoms with Crippen molar-refractivity contribution in [3.63, 3.8) is 0 Å². The Morgan fingerprint density at radius 3 is 2.54 bits per heavy atom. The first-order valence-electron chi connectivity index (χ1n) is 7.77. The van der Waals surface area contributed by atoms with Gasteiger partial charge in [0.25, 0.3) is 0 Å². The van der Waals surface area contributed by atoms with Crippen LogP contribution in [-0.4, -0.2) is 19.1 Å². The van der Waals surface area contributed by atoms with Gasteiger partial charge in [-0.3, -0.25) is 0 Å². The highest BCUT2D eigenvalue weighted by Gasteiger charge is 2.41. The molecule has 1 saturated heterocycles. The molecule has 1 fully saturated rings. The molecule has 2 aromatic rings. The van der Waals surface area contributed by atoms with Crippen LogP contribution in [-0.2, 0) is 10.3 Å². The van der Waals surface area contributed by atoms with Gasteiger partial charge in [0.15, 0.2) is 5.60 Å². The summed E-state index contributed by atoms with van der Waals surface area (Å²) in [7, 11) is 0. The van der Waals surface area contributed by atoms with Crippen molar-refractivity contribution in [2.45, 2.75) is 18.4 Å². The van der Waals surface area contributed by atoms with E-state index in [0.29, 0.717) is 5.56 Å². The molecular formula is C18H17I3NO2+. The van der Waals surface area contributed by atoms with Gasteiger partial charge >= 0.3 is 5.97 Å². The largest absolute Gasteiger partial charge is 0.444 e. The van der Waals surface area contributed by atoms with Crippen LogP contribution in [0.25, 0.3) is 0 Å². The average Bonchev–Trinajstić information content (AvgIpc) is 2.59. The number of nitrogens with two attached hydrogens (primary N) is 1. The van der Waals surface area contributed by atoms with Gasteiger partial charge in [-0.2, -0.15) is 0 Å². The molecule has 126 valence electrons. The molecule has 0 saturated carbocycles. The highest BCUT2D eigenvalue weighted by molar-refractivity contribution is 14.1. The maximum Gasteiger partial charge on any atom is 0.340 e. The zero-order valence-electron chi connectivity index (χ0n) is 12.9. The lowest BCUT2D eigenvalue weighted by Gasteiger charge is -2.35. The summed E-state index contributed by atoms with van der Waals surface area (Å²) in [6.07, 6.45) is 1.92. The number of ether oxygens (including phenoxy) is 1. The van der Waals surface area contributed by atoms with Crippen molar-refractivity contribution in [2.75, 3.05) is 13.1 Å². The van der Waals surface area contributed by atoms with Gasteiger partial charge in [0.2, 0.25) is 0 Å². The summed E-state index contributed by atoms with van der Waals surface area (Å²) in [4.78, 5) is 13.0. The van der Waals surface area contributed by atoms with Gasteiger partial charge < -0.3 is 10.1 Å². The standard InChI is InChI=1S/C18H16I3NO2/c19-13-9-14(16(21)15(20)10-13)17(23)24-18(7-4-8-22-11-18)12-5-2-1-3-6-12/h1-3,5-6,9-10,22H,4,7-8,11H2/p+1. The van der Waals surface area contributed by atoms with Gasteiger partial charge in [0, 0.05) is 29.1 Å². The summed E-state index contributed by atoms with van der Waals surface area (Å²) in [5.74, 6) is -0.227. The van der Waals surface area contributed by atoms with Crippen LogP contribution >= 0.6 is 67.8 Å². The fourth-order valence-electron chi connectivity index (χ4n) is 3.06. The molecule has 0 aromatic heterocycles. The van der Waals surface area contributed by atoms with Crippen molar-refractivity contribution in [3.05, 3.63) is 64.3 Å². The van der Waals surface area contributed by atoms with Crippen molar-refractivity contribution in [1.29, 1.82) is 0 Å². The predicted molar refractivity (Wildman–Crippen MR) is 119 cm³/mol. The minimum Gasteiger partial charge on any atom is -0.444 e. The first-order chi connectivity index (χ1) is 11.5. The SMILES string of the molecule is O=C(OC1(c2ccccc2)CCC[NH2+]C1)c1cc(I)cc(I)c1I. The Balaban J connectivity index is 1.95. The molecule has 0 aliphatic carbocycles. The number of hydrogen-bond donors (Lipinski definition) is 1. The van der Waals surface area contributed by atoms with E-state index in [-0.39, 0.29) is 5.97 Å². The van der Waals surface area contributed by atoms with Crippen LogP contribution in [0.2, 0.25) is 0 Å². The van der Waals surface area contributed by atoms with Gasteiger partial charge in [-0.1, -0.05) is 30.3 Å². The monoisotopic (exact) mass is 660 g/mol. The zero-order valence-corrected chi connectivity index (χ0v) is 19.4. The molecule has 1 atom stereocenters. The fraction of sp³-hybridized carbons (Fsp3) is 0.278. The first kappa shape index (κ1) is 18.8. The Morgan fingerprint density at radius 1 is 1.12 bits per heavy atom. The van der Waals surface area contributed by atoms with Crippen LogP contribution in [0, 0.1) is 10.7 Å². The minimum atomic E-state index is -0.535. The molecular weight excluding hydrogens is 643 g/mol. The van der Waals surface area contributed by atoms with E-state index in [1.165, 1.54) is 0 Å². The number of carbonyl (C=O) groups is 1. The molecule has 2 N–H and O–H groups in total. The topological polar surface area (TPSA) is 42.9 Å². The van der Waals surface area contributed by atoms with Crippen LogP contribution in [0.1, 0.15) is 28.8 Å². The Hall–Kier alpha value is 0.0600. The van der Waals surface area contributed by atoms with Crippen molar-refractivity contribution >= 4 is 73.7 Å². The second-order valence-electron chi connectivity index (χ2n) is 5.88. The van der Waals surface area contributed by atoms with Crippen LogP contribution in [0.15, 0.2) is 42.5 Å². The predicted octanol–water partition coefficient (Wildman–Crippen LogP) is 3.91. The lowest BCUT2D eigenvalue weighted by atomic mass is 9.86. The van der Waals surface area contributed by atoms with Crippen LogP contribution in [0.5, 0.6) is 0 Å². The molecule has 2 aromatic carbocycles. The Labute approximate surface area is 182 Å². The molecule has 24 heavy (non-hydrogen) atoms. The molecule has 0 radical (unpaired) electrons. The number of benzene rings is 2. The summed E-state index contributed by atoms with van der Waals surface area (Å²) < 4.78 is 9.25. The van der Waals surface area contributed by atoms with Gasteiger partial charge in [0.1, 0.15) is 6.54 Å². The van der Waals surface area contributed by atoms with Gasteiger partial charge in [-0.05, 0) is 79.9 Å². The average molecular weight is 660 g/mol. The van der Waals surface area contributed by atoms with Crippen LogP contribution in [0.4, 0.5) is 0 Å². The first-order valence-corrected chi connectivity index (χ1v) is 11.0. The number of halogens is 3. The smallest absolute Gasteiger partial charge is 0.340 e. The van der Waals surface area contributed by atoms with Gasteiger partial charge in [0.05, 0.1) is 12.1 Å². The summed E-state index contributed by atoms with van der Waals surface area (Å²) >= 11 is 6.74. The normalized spacial score (nSPS) is 20.6. The van der Waals surface area contributed by atoms with E-state index in [2.05, 4.69) is 91.3 Å². The van der Waals surface area contributed by atoms with Gasteiger partial charge in [-0.25, -0.2) is 4.79 Å². The number of hydrogen-bond acceptors (Lipinski definition) is 2. The minimum absolute atomic E-state index is 0.227. The summed E-state index contributed by atoms with van der Waals surface area (Å²) in [5.41, 5.74) is 1.21. The Bertz CT molecular complexity index is 743. The Morgan fingerprint density at radius 2 is 1.88 bits per heavy atom. The van der Waals surface area contributed by atoms with E-state index in [1.807, 2.05) is 24.3 Å². The molecule has 1 heterocycles. The van der Waals surface area contributed by atoms with E-state index in [1.54, 1.807) is 0 Å². The fourth-order valence-corrected chi connectivity index (χ4v) is 5.44. The third-order valence-electron chi connectivity index (χ3n) is 4.26. The quantitative estimate of drug-likeness (QED) is 0.309. The van der Waals surface area contributed by atoms with Crippen molar-refractivity contribution in [3.8, 4) is 0 Å². The highest BCUT2D eigenvalue weighted by atomic mass is 127. The molecule has 1 aliphatic heterocycles. The third-order valence-corrected chi connectivity index (χ3v) is 7.93. The number of carbonyl (C=O) groups excluding carboxylic acids is 1. The Kier molecular flexibility index (Phi) is 6.41. The van der Waals surface area contributed by atoms with Gasteiger partial charge in [-0.15, -0.1) is 0 Å². The van der Waals surface area contributed by atoms with Crippen LogP contribution < -0.4 is 5.32 Å². The van der Waals surface area contributed by atoms with Crippen molar-refractivity contribution in [2.24, 2.45) is 0 Å². The molecule has 0 bridgehead atoms. The number of esters is 1. The second-order valence-corrected chi connectivity index (χ2v) is 9.37. The number of piperidine rings is 1. The number of quaternary nitrogens is 1. The molecule has 1 unspecified atom stereocenters. The maximum atomic E-state index is 13.0. The highest BCUT2D eigenvalue weighted by Crippen LogP contribution is 2.33. The summed E-state index contributed by atoms with van der Waals surface area (Å²) in [6, 6.07) is 14.1. The zero-order chi connectivity index (χ0) is 17.2. The molecule has 0 spiro atoms. The molecule has 0 amide bonds. The van der Waals surface area contributed by atoms with Crippen molar-refractivity contribution in [1.82, 2.24) is 0 Å². The summed E-state index contributed by atoms with van der Waals surface area (Å²) in [6.45, 7) is 1.87. The second kappa shape index (κ2) is 8.17. The molecule has 3 rings (SSSR count). The van der Waals surface area contributed by atoms with E-state index in [0.717, 1.165) is 42.2 Å². The lowest BCUT2D eigenvalue weighted by molar-refractivity contribution is -0.678. The van der Waals surface area contributed by atoms with E-state index in [4.69, 9.17) is 4.74 Å². The van der Waals surface area contributed by atoms with E-state index >= 15 is 0 Å². The third kappa shape index (κ3) is 4.07. The number of rotatable bonds is 3. The maximum absolute atomic E-state index is 13.0. The van der Waals surface area contributed by atoms with Crippen molar-refractivity contribution < 1.29 is 14.8 Å². The molecule has 6 heteroatoms.